The molecule has 4 heteroatoms. The fourth-order valence-corrected chi connectivity index (χ4v) is 2.56. The van der Waals surface area contributed by atoms with Gasteiger partial charge in [0.2, 0.25) is 5.82 Å². The molecule has 0 amide bonds. The molecule has 100 valence electrons. The van der Waals surface area contributed by atoms with Crippen molar-refractivity contribution in [2.45, 2.75) is 44.6 Å². The molecule has 18 heavy (non-hydrogen) atoms. The van der Waals surface area contributed by atoms with Crippen LogP contribution in [0, 0.1) is 11.6 Å². The van der Waals surface area contributed by atoms with E-state index in [1.165, 1.54) is 6.07 Å². The Kier molecular flexibility index (Phi) is 4.17. The second-order valence-corrected chi connectivity index (χ2v) is 4.83. The van der Waals surface area contributed by atoms with E-state index < -0.39 is 11.6 Å². The van der Waals surface area contributed by atoms with Gasteiger partial charge in [-0.3, -0.25) is 0 Å². The van der Waals surface area contributed by atoms with Crippen LogP contribution >= 0.6 is 0 Å². The Hall–Kier alpha value is -1.16. The molecule has 1 aliphatic rings. The molecule has 0 heterocycles. The summed E-state index contributed by atoms with van der Waals surface area (Å²) < 4.78 is 32.8. The molecule has 1 aliphatic carbocycles. The van der Waals surface area contributed by atoms with Crippen LogP contribution in [0.2, 0.25) is 0 Å². The molecule has 0 bridgehead atoms. The minimum atomic E-state index is -0.871. The highest BCUT2D eigenvalue weighted by Crippen LogP contribution is 2.36. The van der Waals surface area contributed by atoms with Crippen molar-refractivity contribution in [1.29, 1.82) is 0 Å². The number of hydrogen-bond acceptors (Lipinski definition) is 2. The number of nitrogens with two attached hydrogens (primary N) is 1. The Bertz CT molecular complexity index is 415. The molecule has 0 unspecified atom stereocenters. The SMILES string of the molecule is CCOc1ccc(C2CCC(N)CC2)c(F)c1F. The molecule has 1 saturated carbocycles. The third kappa shape index (κ3) is 2.64. The van der Waals surface area contributed by atoms with Crippen molar-refractivity contribution in [2.75, 3.05) is 6.61 Å². The van der Waals surface area contributed by atoms with E-state index in [4.69, 9.17) is 10.5 Å². The van der Waals surface area contributed by atoms with E-state index in [0.717, 1.165) is 25.7 Å². The lowest BCUT2D eigenvalue weighted by Gasteiger charge is -2.26. The van der Waals surface area contributed by atoms with Crippen LogP contribution in [-0.4, -0.2) is 12.6 Å². The predicted molar refractivity (Wildman–Crippen MR) is 66.7 cm³/mol. The smallest absolute Gasteiger partial charge is 0.200 e. The molecule has 0 radical (unpaired) electrons. The van der Waals surface area contributed by atoms with E-state index in [-0.39, 0.29) is 17.7 Å². The fourth-order valence-electron chi connectivity index (χ4n) is 2.56. The maximum atomic E-state index is 14.0. The first kappa shape index (κ1) is 13.3. The number of halogens is 2. The minimum absolute atomic E-state index is 0.00809. The Morgan fingerprint density at radius 1 is 1.17 bits per heavy atom. The van der Waals surface area contributed by atoms with E-state index >= 15 is 0 Å². The summed E-state index contributed by atoms with van der Waals surface area (Å²) in [5.74, 6) is -1.56. The first-order chi connectivity index (χ1) is 8.63. The summed E-state index contributed by atoms with van der Waals surface area (Å²) in [6.45, 7) is 2.07. The first-order valence-electron chi connectivity index (χ1n) is 6.49. The van der Waals surface area contributed by atoms with Crippen LogP contribution in [0.25, 0.3) is 0 Å². The fraction of sp³-hybridized carbons (Fsp3) is 0.571. The van der Waals surface area contributed by atoms with E-state index in [2.05, 4.69) is 0 Å². The number of ether oxygens (including phenoxy) is 1. The first-order valence-corrected chi connectivity index (χ1v) is 6.49. The van der Waals surface area contributed by atoms with Crippen molar-refractivity contribution in [3.63, 3.8) is 0 Å². The average Bonchev–Trinajstić information content (AvgIpc) is 2.37. The van der Waals surface area contributed by atoms with Gasteiger partial charge < -0.3 is 10.5 Å². The van der Waals surface area contributed by atoms with Crippen LogP contribution in [0.5, 0.6) is 5.75 Å². The lowest BCUT2D eigenvalue weighted by molar-refractivity contribution is 0.310. The highest BCUT2D eigenvalue weighted by atomic mass is 19.2. The van der Waals surface area contributed by atoms with E-state index in [1.807, 2.05) is 0 Å². The summed E-state index contributed by atoms with van der Waals surface area (Å²) in [6.07, 6.45) is 3.40. The molecule has 0 aromatic heterocycles. The zero-order chi connectivity index (χ0) is 13.1. The summed E-state index contributed by atoms with van der Waals surface area (Å²) in [5.41, 5.74) is 6.28. The predicted octanol–water partition coefficient (Wildman–Crippen LogP) is 3.35. The quantitative estimate of drug-likeness (QED) is 0.899. The standard InChI is InChI=1S/C14H19F2NO/c1-2-18-12-8-7-11(13(15)14(12)16)9-3-5-10(17)6-4-9/h7-10H,2-6,17H2,1H3. The third-order valence-corrected chi connectivity index (χ3v) is 3.59. The minimum Gasteiger partial charge on any atom is -0.491 e. The van der Waals surface area contributed by atoms with Gasteiger partial charge in [-0.05, 0) is 50.2 Å². The molecule has 0 aliphatic heterocycles. The van der Waals surface area contributed by atoms with Gasteiger partial charge >= 0.3 is 0 Å². The van der Waals surface area contributed by atoms with Gasteiger partial charge in [0, 0.05) is 6.04 Å². The topological polar surface area (TPSA) is 35.2 Å². The molecule has 1 aromatic carbocycles. The van der Waals surface area contributed by atoms with E-state index in [0.29, 0.717) is 12.2 Å². The van der Waals surface area contributed by atoms with Crippen molar-refractivity contribution in [3.8, 4) is 5.75 Å². The second-order valence-electron chi connectivity index (χ2n) is 4.83. The van der Waals surface area contributed by atoms with Gasteiger partial charge in [0.15, 0.2) is 11.6 Å². The van der Waals surface area contributed by atoms with Crippen molar-refractivity contribution in [1.82, 2.24) is 0 Å². The Morgan fingerprint density at radius 3 is 2.44 bits per heavy atom. The monoisotopic (exact) mass is 255 g/mol. The van der Waals surface area contributed by atoms with Crippen molar-refractivity contribution < 1.29 is 13.5 Å². The van der Waals surface area contributed by atoms with Gasteiger partial charge in [-0.2, -0.15) is 4.39 Å². The van der Waals surface area contributed by atoms with Gasteiger partial charge in [-0.1, -0.05) is 6.07 Å². The highest BCUT2D eigenvalue weighted by molar-refractivity contribution is 5.33. The Balaban J connectivity index is 2.21. The van der Waals surface area contributed by atoms with Crippen LogP contribution in [0.3, 0.4) is 0 Å². The highest BCUT2D eigenvalue weighted by Gasteiger charge is 2.25. The molecule has 0 spiro atoms. The normalized spacial score (nSPS) is 24.0. The lowest BCUT2D eigenvalue weighted by Crippen LogP contribution is -2.26. The van der Waals surface area contributed by atoms with Gasteiger partial charge in [-0.25, -0.2) is 4.39 Å². The molecular formula is C14H19F2NO. The zero-order valence-electron chi connectivity index (χ0n) is 10.6. The number of rotatable bonds is 3. The maximum Gasteiger partial charge on any atom is 0.200 e. The molecular weight excluding hydrogens is 236 g/mol. The lowest BCUT2D eigenvalue weighted by atomic mass is 9.82. The molecule has 2 nitrogen and oxygen atoms in total. The summed E-state index contributed by atoms with van der Waals surface area (Å²) >= 11 is 0. The van der Waals surface area contributed by atoms with E-state index in [1.54, 1.807) is 13.0 Å². The van der Waals surface area contributed by atoms with Crippen LogP contribution in [-0.2, 0) is 0 Å². The molecule has 1 aromatic rings. The van der Waals surface area contributed by atoms with E-state index in [9.17, 15) is 8.78 Å². The van der Waals surface area contributed by atoms with Gasteiger partial charge in [0.05, 0.1) is 6.61 Å². The largest absolute Gasteiger partial charge is 0.491 e. The van der Waals surface area contributed by atoms with Crippen LogP contribution in [0.4, 0.5) is 8.78 Å². The van der Waals surface area contributed by atoms with Crippen LogP contribution in [0.15, 0.2) is 12.1 Å². The van der Waals surface area contributed by atoms with Gasteiger partial charge in [-0.15, -0.1) is 0 Å². The zero-order valence-corrected chi connectivity index (χ0v) is 10.6. The van der Waals surface area contributed by atoms with Crippen LogP contribution < -0.4 is 10.5 Å². The van der Waals surface area contributed by atoms with Crippen LogP contribution in [0.1, 0.15) is 44.1 Å². The summed E-state index contributed by atoms with van der Waals surface area (Å²) in [5, 5.41) is 0. The summed E-state index contributed by atoms with van der Waals surface area (Å²) in [6, 6.07) is 3.37. The Morgan fingerprint density at radius 2 is 1.83 bits per heavy atom. The molecule has 2 rings (SSSR count). The molecule has 1 fully saturated rings. The van der Waals surface area contributed by atoms with Gasteiger partial charge in [0.25, 0.3) is 0 Å². The molecule has 0 saturated heterocycles. The van der Waals surface area contributed by atoms with Crippen molar-refractivity contribution in [2.24, 2.45) is 5.73 Å². The summed E-state index contributed by atoms with van der Waals surface area (Å²) in [7, 11) is 0. The molecule has 2 N–H and O–H groups in total. The van der Waals surface area contributed by atoms with Gasteiger partial charge in [0.1, 0.15) is 0 Å². The van der Waals surface area contributed by atoms with Crippen molar-refractivity contribution in [3.05, 3.63) is 29.3 Å². The number of hydrogen-bond donors (Lipinski definition) is 1. The average molecular weight is 255 g/mol. The van der Waals surface area contributed by atoms with Crippen molar-refractivity contribution >= 4 is 0 Å². The Labute approximate surface area is 106 Å². The molecule has 0 atom stereocenters. The number of benzene rings is 1. The summed E-state index contributed by atoms with van der Waals surface area (Å²) in [4.78, 5) is 0. The second kappa shape index (κ2) is 5.65. The third-order valence-electron chi connectivity index (χ3n) is 3.59. The maximum absolute atomic E-state index is 14.0.